The fraction of sp³-hybridized carbons (Fsp3) is 0.533. The summed E-state index contributed by atoms with van der Waals surface area (Å²) in [5.41, 5.74) is -0.836. The molecule has 6 heteroatoms. The lowest BCUT2D eigenvalue weighted by molar-refractivity contribution is -0.505. The molecule has 1 aliphatic heterocycles. The Balaban J connectivity index is 2.05. The Morgan fingerprint density at radius 1 is 1.43 bits per heavy atom. The molecule has 6 nitrogen and oxygen atoms in total. The smallest absolute Gasteiger partial charge is 0.385 e. The Bertz CT molecular complexity index is 478. The summed E-state index contributed by atoms with van der Waals surface area (Å²) in [7, 11) is 0. The van der Waals surface area contributed by atoms with E-state index < -0.39 is 23.5 Å². The Morgan fingerprint density at radius 2 is 2.05 bits per heavy atom. The van der Waals surface area contributed by atoms with Gasteiger partial charge in [-0.1, -0.05) is 18.2 Å². The van der Waals surface area contributed by atoms with Crippen LogP contribution in [0.3, 0.4) is 0 Å². The molecule has 1 aromatic carbocycles. The van der Waals surface area contributed by atoms with Crippen molar-refractivity contribution in [3.63, 3.8) is 0 Å². The van der Waals surface area contributed by atoms with Crippen molar-refractivity contribution in [1.29, 1.82) is 0 Å². The summed E-state index contributed by atoms with van der Waals surface area (Å²) in [6.45, 7) is 5.01. The third kappa shape index (κ3) is 3.93. The number of para-hydroxylation sites is 1. The maximum absolute atomic E-state index is 12.3. The number of carbonyl (C=O) groups excluding carboxylic acids is 1. The van der Waals surface area contributed by atoms with Crippen LogP contribution in [0.2, 0.25) is 0 Å². The molecule has 1 fully saturated rings. The molecular weight excluding hydrogens is 276 g/mol. The third-order valence-corrected chi connectivity index (χ3v) is 2.94. The molecule has 21 heavy (non-hydrogen) atoms. The second-order valence-electron chi connectivity index (χ2n) is 5.72. The minimum absolute atomic E-state index is 0.0501. The number of aliphatic hydroxyl groups is 1. The van der Waals surface area contributed by atoms with E-state index in [1.54, 1.807) is 45.0 Å². The van der Waals surface area contributed by atoms with E-state index in [0.29, 0.717) is 12.2 Å². The highest BCUT2D eigenvalue weighted by Gasteiger charge is 2.55. The average Bonchev–Trinajstić information content (AvgIpc) is 2.32. The molecule has 0 aliphatic carbocycles. The fourth-order valence-electron chi connectivity index (χ4n) is 2.11. The monoisotopic (exact) mass is 296 g/mol. The summed E-state index contributed by atoms with van der Waals surface area (Å²) in [6.07, 6.45) is -0.279. The molecule has 2 atom stereocenters. The van der Waals surface area contributed by atoms with Crippen molar-refractivity contribution in [3.8, 4) is 5.75 Å². The Kier molecular flexibility index (Phi) is 4.51. The van der Waals surface area contributed by atoms with Gasteiger partial charge in [0.1, 0.15) is 11.4 Å². The van der Waals surface area contributed by atoms with Crippen molar-refractivity contribution in [2.24, 2.45) is 0 Å². The van der Waals surface area contributed by atoms with E-state index in [-0.39, 0.29) is 6.61 Å². The molecule has 0 radical (unpaired) electrons. The molecular formula is C15H20O6. The first-order valence-electron chi connectivity index (χ1n) is 6.79. The first-order chi connectivity index (χ1) is 9.83. The van der Waals surface area contributed by atoms with Crippen LogP contribution < -0.4 is 4.74 Å². The molecule has 2 rings (SSSR count). The number of rotatable bonds is 6. The summed E-state index contributed by atoms with van der Waals surface area (Å²) < 4.78 is 11.0. The zero-order valence-corrected chi connectivity index (χ0v) is 12.4. The second-order valence-corrected chi connectivity index (χ2v) is 5.72. The van der Waals surface area contributed by atoms with Gasteiger partial charge in [-0.25, -0.2) is 9.68 Å². The predicted molar refractivity (Wildman–Crippen MR) is 73.3 cm³/mol. The van der Waals surface area contributed by atoms with Gasteiger partial charge in [-0.3, -0.25) is 0 Å². The van der Waals surface area contributed by atoms with E-state index in [1.165, 1.54) is 0 Å². The van der Waals surface area contributed by atoms with Crippen molar-refractivity contribution in [3.05, 3.63) is 30.3 Å². The summed E-state index contributed by atoms with van der Waals surface area (Å²) in [6, 6.07) is 8.81. The van der Waals surface area contributed by atoms with Gasteiger partial charge in [-0.2, -0.15) is 4.89 Å². The van der Waals surface area contributed by atoms with Gasteiger partial charge in [0.2, 0.25) is 0 Å². The Morgan fingerprint density at radius 3 is 2.52 bits per heavy atom. The molecule has 1 saturated heterocycles. The van der Waals surface area contributed by atoms with Crippen LogP contribution in [0.25, 0.3) is 0 Å². The van der Waals surface area contributed by atoms with E-state index >= 15 is 0 Å². The highest BCUT2D eigenvalue weighted by Crippen LogP contribution is 2.30. The largest absolute Gasteiger partial charge is 0.455 e. The SMILES string of the molecule is CC(O)CC(C)(C)OC(=O)C1(Oc2ccccc2)COO1. The minimum atomic E-state index is -1.59. The Hall–Kier alpha value is -1.63. The normalized spacial score (nSPS) is 23.0. The van der Waals surface area contributed by atoms with Gasteiger partial charge in [0, 0.05) is 6.42 Å². The first kappa shape index (κ1) is 15.8. The van der Waals surface area contributed by atoms with Crippen LogP contribution in [0.1, 0.15) is 27.2 Å². The first-order valence-corrected chi connectivity index (χ1v) is 6.79. The van der Waals surface area contributed by atoms with E-state index in [4.69, 9.17) is 14.4 Å². The highest BCUT2D eigenvalue weighted by molar-refractivity contribution is 5.79. The summed E-state index contributed by atoms with van der Waals surface area (Å²) in [4.78, 5) is 21.8. The number of hydrogen-bond donors (Lipinski definition) is 1. The van der Waals surface area contributed by atoms with Crippen molar-refractivity contribution in [2.45, 2.75) is 44.7 Å². The van der Waals surface area contributed by atoms with Gasteiger partial charge in [0.15, 0.2) is 6.61 Å². The molecule has 2 unspecified atom stereocenters. The van der Waals surface area contributed by atoms with Crippen molar-refractivity contribution in [2.75, 3.05) is 6.61 Å². The van der Waals surface area contributed by atoms with Gasteiger partial charge in [-0.05, 0) is 32.9 Å². The van der Waals surface area contributed by atoms with Crippen LogP contribution in [0.5, 0.6) is 5.75 Å². The molecule has 0 aromatic heterocycles. The van der Waals surface area contributed by atoms with Gasteiger partial charge in [0.25, 0.3) is 0 Å². The van der Waals surface area contributed by atoms with E-state index in [9.17, 15) is 9.90 Å². The number of benzene rings is 1. The maximum atomic E-state index is 12.3. The zero-order chi connectivity index (χ0) is 15.5. The molecule has 116 valence electrons. The van der Waals surface area contributed by atoms with E-state index in [0.717, 1.165) is 0 Å². The van der Waals surface area contributed by atoms with Crippen LogP contribution in [-0.2, 0) is 19.3 Å². The quantitative estimate of drug-likeness (QED) is 0.637. The molecule has 0 bridgehead atoms. The van der Waals surface area contributed by atoms with Crippen LogP contribution in [-0.4, -0.2) is 35.2 Å². The lowest BCUT2D eigenvalue weighted by Crippen LogP contribution is -2.60. The van der Waals surface area contributed by atoms with Gasteiger partial charge in [-0.15, -0.1) is 0 Å². The van der Waals surface area contributed by atoms with Crippen LogP contribution in [0.4, 0.5) is 0 Å². The number of aliphatic hydroxyl groups excluding tert-OH is 1. The standard InChI is InChI=1S/C15H20O6/c1-11(16)9-14(2,3)20-13(17)15(10-18-21-15)19-12-7-5-4-6-8-12/h4-8,11,16H,9-10H2,1-3H3. The summed E-state index contributed by atoms with van der Waals surface area (Å²) in [5, 5.41) is 9.43. The molecule has 0 amide bonds. The predicted octanol–water partition coefficient (Wildman–Crippen LogP) is 1.82. The van der Waals surface area contributed by atoms with E-state index in [2.05, 4.69) is 4.89 Å². The average molecular weight is 296 g/mol. The minimum Gasteiger partial charge on any atom is -0.455 e. The number of hydrogen-bond acceptors (Lipinski definition) is 6. The highest BCUT2D eigenvalue weighted by atomic mass is 17.3. The van der Waals surface area contributed by atoms with Crippen molar-refractivity contribution in [1.82, 2.24) is 0 Å². The fourth-order valence-corrected chi connectivity index (χ4v) is 2.11. The summed E-state index contributed by atoms with van der Waals surface area (Å²) in [5.74, 6) is -1.79. The number of esters is 1. The Labute approximate surface area is 123 Å². The molecule has 1 aliphatic rings. The van der Waals surface area contributed by atoms with Crippen LogP contribution in [0, 0.1) is 0 Å². The van der Waals surface area contributed by atoms with Gasteiger partial charge in [0.05, 0.1) is 6.10 Å². The molecule has 1 heterocycles. The molecule has 0 spiro atoms. The maximum Gasteiger partial charge on any atom is 0.385 e. The number of ether oxygens (including phenoxy) is 2. The van der Waals surface area contributed by atoms with Gasteiger partial charge >= 0.3 is 11.8 Å². The lowest BCUT2D eigenvalue weighted by Gasteiger charge is -2.39. The molecule has 1 aromatic rings. The number of carbonyl (C=O) groups is 1. The molecule has 1 N–H and O–H groups in total. The zero-order valence-electron chi connectivity index (χ0n) is 12.4. The molecule has 0 saturated carbocycles. The van der Waals surface area contributed by atoms with E-state index in [1.807, 2.05) is 6.07 Å². The lowest BCUT2D eigenvalue weighted by atomic mass is 10.0. The van der Waals surface area contributed by atoms with Crippen molar-refractivity contribution >= 4 is 5.97 Å². The third-order valence-electron chi connectivity index (χ3n) is 2.94. The topological polar surface area (TPSA) is 74.2 Å². The van der Waals surface area contributed by atoms with Crippen LogP contribution in [0.15, 0.2) is 30.3 Å². The van der Waals surface area contributed by atoms with Gasteiger partial charge < -0.3 is 14.6 Å². The van der Waals surface area contributed by atoms with Crippen LogP contribution >= 0.6 is 0 Å². The summed E-state index contributed by atoms with van der Waals surface area (Å²) >= 11 is 0. The van der Waals surface area contributed by atoms with Crippen molar-refractivity contribution < 1.29 is 29.1 Å². The second kappa shape index (κ2) is 6.01.